The Bertz CT molecular complexity index is 1820. The minimum absolute atomic E-state index is 0.0833. The van der Waals surface area contributed by atoms with E-state index >= 15 is 0 Å². The van der Waals surface area contributed by atoms with Crippen LogP contribution in [-0.2, 0) is 0 Å². The van der Waals surface area contributed by atoms with E-state index in [1.165, 1.54) is 24.3 Å². The maximum absolute atomic E-state index is 13.4. The highest BCUT2D eigenvalue weighted by Crippen LogP contribution is 2.34. The summed E-state index contributed by atoms with van der Waals surface area (Å²) in [4.78, 5) is 26.6. The van der Waals surface area contributed by atoms with Gasteiger partial charge in [-0.15, -0.1) is 26.3 Å². The van der Waals surface area contributed by atoms with E-state index in [9.17, 15) is 41.0 Å². The van der Waals surface area contributed by atoms with Crippen molar-refractivity contribution in [2.45, 2.75) is 12.7 Å². The van der Waals surface area contributed by atoms with Gasteiger partial charge in [-0.25, -0.2) is 0 Å². The van der Waals surface area contributed by atoms with Crippen molar-refractivity contribution in [1.82, 2.24) is 0 Å². The summed E-state index contributed by atoms with van der Waals surface area (Å²) in [6, 6.07) is 9.73. The number of aromatic hydroxyl groups is 1. The van der Waals surface area contributed by atoms with Crippen molar-refractivity contribution in [1.29, 1.82) is 0 Å². The lowest BCUT2D eigenvalue weighted by Crippen LogP contribution is -2.17. The smallest absolute Gasteiger partial charge is 0.507 e. The second kappa shape index (κ2) is 9.11. The molecule has 1 N–H and O–H groups in total. The van der Waals surface area contributed by atoms with Gasteiger partial charge < -0.3 is 23.4 Å². The predicted molar refractivity (Wildman–Crippen MR) is 124 cm³/mol. The Morgan fingerprint density at radius 3 is 1.54 bits per heavy atom. The van der Waals surface area contributed by atoms with Crippen molar-refractivity contribution in [3.05, 3.63) is 87.6 Å². The van der Waals surface area contributed by atoms with Crippen LogP contribution in [0.4, 0.5) is 26.3 Å². The first-order valence-electron chi connectivity index (χ1n) is 10.8. The Morgan fingerprint density at radius 2 is 1.08 bits per heavy atom. The van der Waals surface area contributed by atoms with Gasteiger partial charge in [-0.1, -0.05) is 24.3 Å². The average Bonchev–Trinajstić information content (AvgIpc) is 2.83. The lowest BCUT2D eigenvalue weighted by molar-refractivity contribution is -0.275. The van der Waals surface area contributed by atoms with Crippen LogP contribution < -0.4 is 20.3 Å². The fourth-order valence-corrected chi connectivity index (χ4v) is 3.95. The van der Waals surface area contributed by atoms with Gasteiger partial charge in [0.15, 0.2) is 5.58 Å². The lowest BCUT2D eigenvalue weighted by Gasteiger charge is -2.10. The number of fused-ring (bicyclic) bond motifs is 3. The molecule has 2 aromatic heterocycles. The minimum Gasteiger partial charge on any atom is -0.507 e. The van der Waals surface area contributed by atoms with Crippen LogP contribution in [0.5, 0.6) is 17.2 Å². The fourth-order valence-electron chi connectivity index (χ4n) is 3.95. The first-order valence-corrected chi connectivity index (χ1v) is 10.8. The quantitative estimate of drug-likeness (QED) is 0.196. The van der Waals surface area contributed by atoms with E-state index < -0.39 is 46.2 Å². The average molecular weight is 550 g/mol. The maximum Gasteiger partial charge on any atom is 0.573 e. The van der Waals surface area contributed by atoms with Crippen molar-refractivity contribution in [3.63, 3.8) is 0 Å². The number of hydrogen-bond acceptors (Lipinski definition) is 7. The Morgan fingerprint density at radius 1 is 0.641 bits per heavy atom. The number of halogens is 6. The summed E-state index contributed by atoms with van der Waals surface area (Å²) in [6.45, 7) is 0. The summed E-state index contributed by atoms with van der Waals surface area (Å²) < 4.78 is 93.2. The first-order chi connectivity index (χ1) is 18.3. The van der Waals surface area contributed by atoms with Crippen LogP contribution in [0.25, 0.3) is 44.2 Å². The van der Waals surface area contributed by atoms with Crippen LogP contribution in [0, 0.1) is 0 Å². The monoisotopic (exact) mass is 550 g/mol. The second-order valence-electron chi connectivity index (χ2n) is 8.07. The standard InChI is InChI=1S/C26H12F6O7/c27-25(28,29)38-14-5-1-12(2-6-14)16-10-36-19-9-18(33)20-22(34)17(11-37-24(20)21(19)23(16)35)13-3-7-15(8-4-13)39-26(30,31)32/h1-11,33H. The Hall–Kier alpha value is -4.94. The largest absolute Gasteiger partial charge is 0.573 e. The van der Waals surface area contributed by atoms with Crippen molar-refractivity contribution in [2.24, 2.45) is 0 Å². The molecule has 0 aliphatic carbocycles. The third kappa shape index (κ3) is 5.10. The highest BCUT2D eigenvalue weighted by molar-refractivity contribution is 6.06. The van der Waals surface area contributed by atoms with Gasteiger partial charge in [0.05, 0.1) is 11.1 Å². The van der Waals surface area contributed by atoms with Crippen LogP contribution in [0.1, 0.15) is 0 Å². The van der Waals surface area contributed by atoms with E-state index in [1.807, 2.05) is 0 Å². The zero-order valence-electron chi connectivity index (χ0n) is 19.0. The molecule has 5 rings (SSSR count). The third-order valence-corrected chi connectivity index (χ3v) is 5.56. The maximum atomic E-state index is 13.4. The molecule has 0 atom stereocenters. The molecular formula is C26H12F6O7. The molecule has 0 saturated heterocycles. The molecule has 0 spiro atoms. The van der Waals surface area contributed by atoms with Crippen LogP contribution in [-0.4, -0.2) is 17.8 Å². The second-order valence-corrected chi connectivity index (χ2v) is 8.07. The van der Waals surface area contributed by atoms with Crippen LogP contribution in [0.3, 0.4) is 0 Å². The summed E-state index contributed by atoms with van der Waals surface area (Å²) in [7, 11) is 0. The molecule has 39 heavy (non-hydrogen) atoms. The van der Waals surface area contributed by atoms with Gasteiger partial charge in [-0.2, -0.15) is 0 Å². The molecule has 0 unspecified atom stereocenters. The molecule has 0 bridgehead atoms. The Balaban J connectivity index is 1.61. The van der Waals surface area contributed by atoms with Crippen molar-refractivity contribution < 1.29 is 49.8 Å². The van der Waals surface area contributed by atoms with Crippen LogP contribution >= 0.6 is 0 Å². The van der Waals surface area contributed by atoms with E-state index in [0.29, 0.717) is 0 Å². The van der Waals surface area contributed by atoms with Crippen molar-refractivity contribution in [2.75, 3.05) is 0 Å². The number of phenols is 1. The molecule has 200 valence electrons. The van der Waals surface area contributed by atoms with Gasteiger partial charge in [0, 0.05) is 6.07 Å². The van der Waals surface area contributed by atoms with Gasteiger partial charge in [-0.3, -0.25) is 9.59 Å². The summed E-state index contributed by atoms with van der Waals surface area (Å²) >= 11 is 0. The number of hydrogen-bond donors (Lipinski definition) is 1. The highest BCUT2D eigenvalue weighted by atomic mass is 19.4. The molecule has 3 aromatic carbocycles. The topological polar surface area (TPSA) is 99.1 Å². The molecule has 5 aromatic rings. The highest BCUT2D eigenvalue weighted by Gasteiger charge is 2.32. The van der Waals surface area contributed by atoms with Crippen LogP contribution in [0.15, 0.2) is 85.5 Å². The Kier molecular flexibility index (Phi) is 6.01. The zero-order chi connectivity index (χ0) is 28.1. The molecule has 2 heterocycles. The van der Waals surface area contributed by atoms with Crippen molar-refractivity contribution in [3.8, 4) is 39.5 Å². The summed E-state index contributed by atoms with van der Waals surface area (Å²) in [5.74, 6) is -1.62. The van der Waals surface area contributed by atoms with E-state index in [2.05, 4.69) is 9.47 Å². The molecule has 0 radical (unpaired) electrons. The van der Waals surface area contributed by atoms with Crippen LogP contribution in [0.2, 0.25) is 0 Å². The van der Waals surface area contributed by atoms with E-state index in [1.54, 1.807) is 0 Å². The molecule has 0 aliphatic heterocycles. The summed E-state index contributed by atoms with van der Waals surface area (Å²) in [6.07, 6.45) is -7.81. The third-order valence-electron chi connectivity index (χ3n) is 5.56. The number of ether oxygens (including phenoxy) is 2. The molecule has 0 aliphatic rings. The minimum atomic E-state index is -4.91. The molecular weight excluding hydrogens is 538 g/mol. The van der Waals surface area contributed by atoms with Gasteiger partial charge in [0.25, 0.3) is 0 Å². The van der Waals surface area contributed by atoms with E-state index in [4.69, 9.17) is 8.83 Å². The zero-order valence-corrected chi connectivity index (χ0v) is 19.0. The number of phenolic OH excluding ortho intramolecular Hbond substituents is 1. The fraction of sp³-hybridized carbons (Fsp3) is 0.0769. The van der Waals surface area contributed by atoms with E-state index in [-0.39, 0.29) is 38.8 Å². The lowest BCUT2D eigenvalue weighted by atomic mass is 10.0. The molecule has 0 saturated carbocycles. The number of alkyl halides is 6. The normalized spacial score (nSPS) is 12.2. The van der Waals surface area contributed by atoms with E-state index in [0.717, 1.165) is 42.9 Å². The predicted octanol–water partition coefficient (Wildman–Crippen LogP) is 6.74. The van der Waals surface area contributed by atoms with Gasteiger partial charge >= 0.3 is 12.7 Å². The number of benzene rings is 3. The Labute approximate surface area is 212 Å². The van der Waals surface area contributed by atoms with Crippen molar-refractivity contribution >= 4 is 21.9 Å². The first kappa shape index (κ1) is 25.7. The molecule has 7 nitrogen and oxygen atoms in total. The SMILES string of the molecule is O=c1c(-c2ccc(OC(F)(F)F)cc2)coc2c1c(O)cc1occ(-c3ccc(OC(F)(F)F)cc3)c(=O)c12. The summed E-state index contributed by atoms with van der Waals surface area (Å²) in [5, 5.41) is 9.90. The van der Waals surface area contributed by atoms with Gasteiger partial charge in [0.2, 0.25) is 10.9 Å². The summed E-state index contributed by atoms with van der Waals surface area (Å²) in [5.41, 5.74) is -1.88. The molecule has 0 amide bonds. The molecule has 0 fully saturated rings. The van der Waals surface area contributed by atoms with Gasteiger partial charge in [-0.05, 0) is 35.4 Å². The van der Waals surface area contributed by atoms with Gasteiger partial charge in [0.1, 0.15) is 46.1 Å². The molecule has 13 heteroatoms. The number of rotatable bonds is 4.